The molecule has 9 heteroatoms. The number of fused-ring (bicyclic) bond motifs is 1. The maximum Gasteiger partial charge on any atom is 0.290 e. The molecule has 4 heterocycles. The SMILES string of the molecule is CC(C)CC(NC(=O)c1ccc(N2CCCC2)cc1)C(=O)N1CCC2C1C(=O)CN2C(=O)c1ccco1. The number of nitrogens with one attached hydrogen (secondary N) is 1. The van der Waals surface area contributed by atoms with Gasteiger partial charge in [0.15, 0.2) is 11.5 Å². The van der Waals surface area contributed by atoms with Gasteiger partial charge in [0.2, 0.25) is 5.91 Å². The van der Waals surface area contributed by atoms with Gasteiger partial charge in [0, 0.05) is 30.9 Å². The van der Waals surface area contributed by atoms with E-state index in [1.54, 1.807) is 29.2 Å². The van der Waals surface area contributed by atoms with Crippen LogP contribution in [0.15, 0.2) is 47.1 Å². The lowest BCUT2D eigenvalue weighted by Gasteiger charge is -2.29. The van der Waals surface area contributed by atoms with E-state index in [1.165, 1.54) is 24.0 Å². The third-order valence-corrected chi connectivity index (χ3v) is 7.61. The Labute approximate surface area is 216 Å². The van der Waals surface area contributed by atoms with Crippen LogP contribution < -0.4 is 10.2 Å². The maximum absolute atomic E-state index is 13.7. The molecule has 5 rings (SSSR count). The van der Waals surface area contributed by atoms with Crippen molar-refractivity contribution in [3.8, 4) is 0 Å². The number of carbonyl (C=O) groups excluding carboxylic acids is 4. The summed E-state index contributed by atoms with van der Waals surface area (Å²) >= 11 is 0. The van der Waals surface area contributed by atoms with Crippen LogP contribution in [0.25, 0.3) is 0 Å². The monoisotopic (exact) mass is 506 g/mol. The number of carbonyl (C=O) groups is 4. The Balaban J connectivity index is 1.28. The number of hydrogen-bond donors (Lipinski definition) is 1. The molecule has 0 spiro atoms. The molecule has 1 aromatic carbocycles. The first kappa shape index (κ1) is 25.0. The Morgan fingerprint density at radius 3 is 2.41 bits per heavy atom. The summed E-state index contributed by atoms with van der Waals surface area (Å²) in [5, 5.41) is 2.93. The van der Waals surface area contributed by atoms with E-state index in [0.717, 1.165) is 18.8 Å². The van der Waals surface area contributed by atoms with Gasteiger partial charge in [0.1, 0.15) is 12.1 Å². The van der Waals surface area contributed by atoms with Gasteiger partial charge in [-0.25, -0.2) is 0 Å². The van der Waals surface area contributed by atoms with Gasteiger partial charge in [-0.2, -0.15) is 0 Å². The number of amides is 3. The number of furan rings is 1. The molecule has 0 bridgehead atoms. The van der Waals surface area contributed by atoms with Crippen molar-refractivity contribution < 1.29 is 23.6 Å². The van der Waals surface area contributed by atoms with E-state index >= 15 is 0 Å². The largest absolute Gasteiger partial charge is 0.459 e. The van der Waals surface area contributed by atoms with Crippen LogP contribution in [-0.2, 0) is 9.59 Å². The highest BCUT2D eigenvalue weighted by Crippen LogP contribution is 2.32. The van der Waals surface area contributed by atoms with E-state index in [-0.39, 0.29) is 47.8 Å². The molecule has 3 saturated heterocycles. The minimum absolute atomic E-state index is 0.0524. The van der Waals surface area contributed by atoms with Crippen molar-refractivity contribution in [2.75, 3.05) is 31.1 Å². The number of ketones is 1. The zero-order chi connectivity index (χ0) is 26.1. The van der Waals surface area contributed by atoms with Crippen LogP contribution in [0.4, 0.5) is 5.69 Å². The van der Waals surface area contributed by atoms with Gasteiger partial charge in [0.05, 0.1) is 18.8 Å². The molecular weight excluding hydrogens is 472 g/mol. The third kappa shape index (κ3) is 4.99. The minimum atomic E-state index is -0.757. The normalized spacial score (nSPS) is 22.0. The molecule has 2 aromatic rings. The van der Waals surface area contributed by atoms with Crippen molar-refractivity contribution in [2.45, 2.75) is 57.7 Å². The number of likely N-dealkylation sites (tertiary alicyclic amines) is 2. The summed E-state index contributed by atoms with van der Waals surface area (Å²) in [5.41, 5.74) is 1.59. The quantitative estimate of drug-likeness (QED) is 0.620. The number of benzene rings is 1. The van der Waals surface area contributed by atoms with E-state index in [1.807, 2.05) is 26.0 Å². The molecule has 3 unspecified atom stereocenters. The lowest BCUT2D eigenvalue weighted by atomic mass is 10.0. The van der Waals surface area contributed by atoms with E-state index < -0.39 is 12.1 Å². The molecule has 3 aliphatic rings. The predicted molar refractivity (Wildman–Crippen MR) is 137 cm³/mol. The molecule has 196 valence electrons. The van der Waals surface area contributed by atoms with E-state index in [2.05, 4.69) is 10.2 Å². The molecule has 3 atom stereocenters. The summed E-state index contributed by atoms with van der Waals surface area (Å²) < 4.78 is 5.24. The van der Waals surface area contributed by atoms with E-state index in [9.17, 15) is 19.2 Å². The van der Waals surface area contributed by atoms with Gasteiger partial charge >= 0.3 is 0 Å². The fourth-order valence-corrected chi connectivity index (χ4v) is 5.81. The summed E-state index contributed by atoms with van der Waals surface area (Å²) in [4.78, 5) is 58.1. The molecule has 1 N–H and O–H groups in total. The van der Waals surface area contributed by atoms with Crippen LogP contribution in [0.1, 0.15) is 60.4 Å². The molecular formula is C28H34N4O5. The van der Waals surface area contributed by atoms with Gasteiger partial charge in [0.25, 0.3) is 11.8 Å². The lowest BCUT2D eigenvalue weighted by molar-refractivity contribution is -0.138. The lowest BCUT2D eigenvalue weighted by Crippen LogP contribution is -2.53. The fourth-order valence-electron chi connectivity index (χ4n) is 5.81. The second-order valence-corrected chi connectivity index (χ2v) is 10.6. The van der Waals surface area contributed by atoms with Crippen LogP contribution in [0, 0.1) is 5.92 Å². The van der Waals surface area contributed by atoms with Crippen molar-refractivity contribution in [1.29, 1.82) is 0 Å². The highest BCUT2D eigenvalue weighted by Gasteiger charge is 2.52. The summed E-state index contributed by atoms with van der Waals surface area (Å²) in [5.74, 6) is -0.758. The molecule has 3 aliphatic heterocycles. The average molecular weight is 507 g/mol. The number of rotatable bonds is 7. The van der Waals surface area contributed by atoms with Crippen LogP contribution >= 0.6 is 0 Å². The Morgan fingerprint density at radius 1 is 1.03 bits per heavy atom. The standard InChI is InChI=1S/C28H34N4O5/c1-18(2)16-21(29-26(34)19-7-9-20(10-8-19)30-12-3-4-13-30)27(35)31-14-11-22-25(31)23(33)17-32(22)28(36)24-6-5-15-37-24/h5-10,15,18,21-22,25H,3-4,11-14,16-17H2,1-2H3,(H,29,34). The van der Waals surface area contributed by atoms with Crippen molar-refractivity contribution in [1.82, 2.24) is 15.1 Å². The van der Waals surface area contributed by atoms with Gasteiger partial charge in [-0.15, -0.1) is 0 Å². The first-order valence-electron chi connectivity index (χ1n) is 13.2. The second-order valence-electron chi connectivity index (χ2n) is 10.6. The zero-order valence-corrected chi connectivity index (χ0v) is 21.4. The predicted octanol–water partition coefficient (Wildman–Crippen LogP) is 2.72. The van der Waals surface area contributed by atoms with Gasteiger partial charge in [-0.3, -0.25) is 19.2 Å². The fraction of sp³-hybridized carbons (Fsp3) is 0.500. The minimum Gasteiger partial charge on any atom is -0.459 e. The van der Waals surface area contributed by atoms with Crippen LogP contribution in [0.5, 0.6) is 0 Å². The zero-order valence-electron chi connectivity index (χ0n) is 21.4. The van der Waals surface area contributed by atoms with Crippen LogP contribution in [0.2, 0.25) is 0 Å². The molecule has 37 heavy (non-hydrogen) atoms. The summed E-state index contributed by atoms with van der Waals surface area (Å²) in [6.07, 6.45) is 4.74. The third-order valence-electron chi connectivity index (χ3n) is 7.61. The first-order chi connectivity index (χ1) is 17.8. The smallest absolute Gasteiger partial charge is 0.290 e. The van der Waals surface area contributed by atoms with Crippen molar-refractivity contribution in [3.05, 3.63) is 54.0 Å². The first-order valence-corrected chi connectivity index (χ1v) is 13.2. The number of hydrogen-bond acceptors (Lipinski definition) is 6. The summed E-state index contributed by atoms with van der Waals surface area (Å²) in [6.45, 7) is 6.35. The molecule has 0 radical (unpaired) electrons. The maximum atomic E-state index is 13.7. The van der Waals surface area contributed by atoms with E-state index in [4.69, 9.17) is 4.42 Å². The van der Waals surface area contributed by atoms with Gasteiger partial charge in [-0.1, -0.05) is 13.8 Å². The van der Waals surface area contributed by atoms with Gasteiger partial charge < -0.3 is 24.4 Å². The highest BCUT2D eigenvalue weighted by molar-refractivity contribution is 6.02. The molecule has 9 nitrogen and oxygen atoms in total. The number of Topliss-reactive ketones (excluding diaryl/α,β-unsaturated/α-hetero) is 1. The Kier molecular flexibility index (Phi) is 7.04. The van der Waals surface area contributed by atoms with Crippen LogP contribution in [-0.4, -0.2) is 77.6 Å². The highest BCUT2D eigenvalue weighted by atomic mass is 16.3. The molecule has 3 fully saturated rings. The van der Waals surface area contributed by atoms with Crippen LogP contribution in [0.3, 0.4) is 0 Å². The Hall–Kier alpha value is -3.62. The van der Waals surface area contributed by atoms with Crippen molar-refractivity contribution in [3.63, 3.8) is 0 Å². The number of nitrogens with zero attached hydrogens (tertiary/aromatic N) is 3. The molecule has 1 aromatic heterocycles. The van der Waals surface area contributed by atoms with Crippen molar-refractivity contribution >= 4 is 29.2 Å². The number of anilines is 1. The molecule has 0 saturated carbocycles. The second kappa shape index (κ2) is 10.4. The van der Waals surface area contributed by atoms with E-state index in [0.29, 0.717) is 24.9 Å². The van der Waals surface area contributed by atoms with Crippen molar-refractivity contribution in [2.24, 2.45) is 5.92 Å². The average Bonchev–Trinajstić information content (AvgIpc) is 3.69. The Morgan fingerprint density at radius 2 is 1.76 bits per heavy atom. The van der Waals surface area contributed by atoms with Gasteiger partial charge in [-0.05, 0) is 68.0 Å². The Bertz CT molecular complexity index is 1150. The molecule has 0 aliphatic carbocycles. The topological polar surface area (TPSA) is 103 Å². The summed E-state index contributed by atoms with van der Waals surface area (Å²) in [7, 11) is 0. The molecule has 3 amide bonds. The summed E-state index contributed by atoms with van der Waals surface area (Å²) in [6, 6.07) is 8.86.